The van der Waals surface area contributed by atoms with Crippen LogP contribution in [-0.2, 0) is 11.3 Å². The van der Waals surface area contributed by atoms with Crippen molar-refractivity contribution in [1.82, 2.24) is 20.4 Å². The molecule has 0 spiro atoms. The van der Waals surface area contributed by atoms with E-state index in [4.69, 9.17) is 5.11 Å². The molecule has 3 N–H and O–H groups in total. The fraction of sp³-hybridized carbons (Fsp3) is 0.615. The van der Waals surface area contributed by atoms with Crippen LogP contribution in [0.3, 0.4) is 0 Å². The van der Waals surface area contributed by atoms with E-state index in [1.807, 2.05) is 13.1 Å². The summed E-state index contributed by atoms with van der Waals surface area (Å²) in [4.78, 5) is 22.0. The van der Waals surface area contributed by atoms with E-state index in [1.165, 1.54) is 0 Å². The van der Waals surface area contributed by atoms with Gasteiger partial charge in [-0.3, -0.25) is 9.48 Å². The van der Waals surface area contributed by atoms with Gasteiger partial charge in [-0.25, -0.2) is 4.79 Å². The number of carboxylic acid groups (broad SMARTS) is 1. The van der Waals surface area contributed by atoms with Gasteiger partial charge in [0.15, 0.2) is 0 Å². The number of aromatic nitrogens is 2. The molecule has 1 heterocycles. The standard InChI is InChI=1S/C13H22N4O3/c1-10-8-16-17(9-10)7-6-15-13(20)14-5-3-4-11(2)12(18)19/h8-9,11H,3-7H2,1-2H3,(H,18,19)(H2,14,15,20). The summed E-state index contributed by atoms with van der Waals surface area (Å²) in [5, 5.41) is 18.2. The van der Waals surface area contributed by atoms with Crippen molar-refractivity contribution in [2.24, 2.45) is 5.92 Å². The summed E-state index contributed by atoms with van der Waals surface area (Å²) in [7, 11) is 0. The molecular weight excluding hydrogens is 260 g/mol. The summed E-state index contributed by atoms with van der Waals surface area (Å²) in [6, 6.07) is -0.239. The Morgan fingerprint density at radius 2 is 2.10 bits per heavy atom. The lowest BCUT2D eigenvalue weighted by Gasteiger charge is -2.09. The molecule has 7 heteroatoms. The molecule has 0 aromatic carbocycles. The number of nitrogens with zero attached hydrogens (tertiary/aromatic N) is 2. The van der Waals surface area contributed by atoms with Gasteiger partial charge in [-0.15, -0.1) is 0 Å². The number of nitrogens with one attached hydrogen (secondary N) is 2. The van der Waals surface area contributed by atoms with Gasteiger partial charge < -0.3 is 15.7 Å². The second-order valence-electron chi connectivity index (χ2n) is 4.84. The van der Waals surface area contributed by atoms with E-state index in [0.717, 1.165) is 5.56 Å². The lowest BCUT2D eigenvalue weighted by molar-refractivity contribution is -0.141. The third kappa shape index (κ3) is 6.21. The average molecular weight is 282 g/mol. The summed E-state index contributed by atoms with van der Waals surface area (Å²) in [6.45, 7) is 5.22. The number of hydrogen-bond donors (Lipinski definition) is 3. The number of rotatable bonds is 8. The molecule has 0 aliphatic heterocycles. The minimum Gasteiger partial charge on any atom is -0.481 e. The highest BCUT2D eigenvalue weighted by Crippen LogP contribution is 2.03. The number of carbonyl (C=O) groups is 2. The Bertz CT molecular complexity index is 445. The number of amides is 2. The van der Waals surface area contributed by atoms with E-state index in [2.05, 4.69) is 15.7 Å². The Morgan fingerprint density at radius 3 is 2.70 bits per heavy atom. The maximum atomic E-state index is 11.4. The minimum atomic E-state index is -0.802. The number of aryl methyl sites for hydroxylation is 1. The van der Waals surface area contributed by atoms with E-state index in [0.29, 0.717) is 32.5 Å². The Hall–Kier alpha value is -2.05. The van der Waals surface area contributed by atoms with Crippen LogP contribution < -0.4 is 10.6 Å². The molecule has 1 atom stereocenters. The molecule has 0 aliphatic carbocycles. The molecule has 0 fully saturated rings. The van der Waals surface area contributed by atoms with Gasteiger partial charge in [-0.2, -0.15) is 5.10 Å². The highest BCUT2D eigenvalue weighted by molar-refractivity contribution is 5.73. The quantitative estimate of drug-likeness (QED) is 0.619. The summed E-state index contributed by atoms with van der Waals surface area (Å²) >= 11 is 0. The van der Waals surface area contributed by atoms with Gasteiger partial charge in [0.25, 0.3) is 0 Å². The maximum Gasteiger partial charge on any atom is 0.314 e. The van der Waals surface area contributed by atoms with Gasteiger partial charge in [0.05, 0.1) is 18.7 Å². The first kappa shape index (κ1) is 16.0. The fourth-order valence-corrected chi connectivity index (χ4v) is 1.67. The number of urea groups is 1. The molecule has 0 bridgehead atoms. The first-order valence-corrected chi connectivity index (χ1v) is 6.72. The van der Waals surface area contributed by atoms with Crippen LogP contribution in [0.5, 0.6) is 0 Å². The summed E-state index contributed by atoms with van der Waals surface area (Å²) in [6.07, 6.45) is 4.89. The van der Waals surface area contributed by atoms with Crippen LogP contribution in [-0.4, -0.2) is 40.0 Å². The van der Waals surface area contributed by atoms with Crippen LogP contribution in [0.2, 0.25) is 0 Å². The molecule has 20 heavy (non-hydrogen) atoms. The summed E-state index contributed by atoms with van der Waals surface area (Å²) in [5.74, 6) is -1.17. The Kier molecular flexibility index (Phi) is 6.55. The zero-order valence-corrected chi connectivity index (χ0v) is 11.9. The molecule has 1 aromatic heterocycles. The number of carboxylic acids is 1. The normalized spacial score (nSPS) is 11.9. The lowest BCUT2D eigenvalue weighted by Crippen LogP contribution is -2.37. The smallest absolute Gasteiger partial charge is 0.314 e. The molecule has 1 aromatic rings. The Balaban J connectivity index is 2.04. The number of carbonyl (C=O) groups excluding carboxylic acids is 1. The molecule has 0 aliphatic rings. The Labute approximate surface area is 118 Å². The molecule has 0 saturated heterocycles. The van der Waals surface area contributed by atoms with Crippen LogP contribution in [0.25, 0.3) is 0 Å². The van der Waals surface area contributed by atoms with Gasteiger partial charge in [0.1, 0.15) is 0 Å². The van der Waals surface area contributed by atoms with E-state index >= 15 is 0 Å². The van der Waals surface area contributed by atoms with E-state index in [-0.39, 0.29) is 11.9 Å². The third-order valence-electron chi connectivity index (χ3n) is 2.91. The van der Waals surface area contributed by atoms with Crippen molar-refractivity contribution < 1.29 is 14.7 Å². The first-order valence-electron chi connectivity index (χ1n) is 6.72. The van der Waals surface area contributed by atoms with Crippen molar-refractivity contribution in [1.29, 1.82) is 0 Å². The topological polar surface area (TPSA) is 96.3 Å². The molecule has 7 nitrogen and oxygen atoms in total. The van der Waals surface area contributed by atoms with Crippen molar-refractivity contribution in [2.75, 3.05) is 13.1 Å². The molecule has 1 unspecified atom stereocenters. The summed E-state index contributed by atoms with van der Waals surface area (Å²) < 4.78 is 1.77. The molecular formula is C13H22N4O3. The minimum absolute atomic E-state index is 0.239. The van der Waals surface area contributed by atoms with E-state index < -0.39 is 5.97 Å². The van der Waals surface area contributed by atoms with E-state index in [9.17, 15) is 9.59 Å². The monoisotopic (exact) mass is 282 g/mol. The van der Waals surface area contributed by atoms with Gasteiger partial charge in [-0.1, -0.05) is 6.92 Å². The largest absolute Gasteiger partial charge is 0.481 e. The van der Waals surface area contributed by atoms with Gasteiger partial charge in [-0.05, 0) is 25.3 Å². The first-order chi connectivity index (χ1) is 9.49. The molecule has 0 radical (unpaired) electrons. The van der Waals surface area contributed by atoms with Gasteiger partial charge >= 0.3 is 12.0 Å². The van der Waals surface area contributed by atoms with Crippen LogP contribution in [0.15, 0.2) is 12.4 Å². The van der Waals surface area contributed by atoms with Crippen molar-refractivity contribution in [3.8, 4) is 0 Å². The maximum absolute atomic E-state index is 11.4. The third-order valence-corrected chi connectivity index (χ3v) is 2.91. The second-order valence-corrected chi connectivity index (χ2v) is 4.84. The average Bonchev–Trinajstić information content (AvgIpc) is 2.80. The van der Waals surface area contributed by atoms with E-state index in [1.54, 1.807) is 17.8 Å². The molecule has 1 rings (SSSR count). The zero-order valence-electron chi connectivity index (χ0n) is 11.9. The predicted molar refractivity (Wildman–Crippen MR) is 74.4 cm³/mol. The summed E-state index contributed by atoms with van der Waals surface area (Å²) in [5.41, 5.74) is 1.09. The van der Waals surface area contributed by atoms with Crippen LogP contribution in [0.4, 0.5) is 4.79 Å². The van der Waals surface area contributed by atoms with Crippen molar-refractivity contribution >= 4 is 12.0 Å². The predicted octanol–water partition coefficient (Wildman–Crippen LogP) is 0.992. The van der Waals surface area contributed by atoms with Crippen molar-refractivity contribution in [3.63, 3.8) is 0 Å². The molecule has 0 saturated carbocycles. The van der Waals surface area contributed by atoms with Gasteiger partial charge in [0, 0.05) is 19.3 Å². The van der Waals surface area contributed by atoms with Crippen molar-refractivity contribution in [2.45, 2.75) is 33.2 Å². The highest BCUT2D eigenvalue weighted by atomic mass is 16.4. The zero-order chi connectivity index (χ0) is 15.0. The van der Waals surface area contributed by atoms with Crippen LogP contribution in [0.1, 0.15) is 25.3 Å². The molecule has 112 valence electrons. The van der Waals surface area contributed by atoms with Crippen LogP contribution >= 0.6 is 0 Å². The van der Waals surface area contributed by atoms with Crippen LogP contribution in [0, 0.1) is 12.8 Å². The molecule has 2 amide bonds. The van der Waals surface area contributed by atoms with Gasteiger partial charge in [0.2, 0.25) is 0 Å². The number of aliphatic carboxylic acids is 1. The lowest BCUT2D eigenvalue weighted by atomic mass is 10.1. The number of hydrogen-bond acceptors (Lipinski definition) is 3. The fourth-order valence-electron chi connectivity index (χ4n) is 1.67. The van der Waals surface area contributed by atoms with Crippen molar-refractivity contribution in [3.05, 3.63) is 18.0 Å². The Morgan fingerprint density at radius 1 is 1.40 bits per heavy atom. The SMILES string of the molecule is Cc1cnn(CCNC(=O)NCCCC(C)C(=O)O)c1. The highest BCUT2D eigenvalue weighted by Gasteiger charge is 2.09. The second kappa shape index (κ2) is 8.19.